The minimum Gasteiger partial charge on any atom is -0.481 e. The van der Waals surface area contributed by atoms with Crippen molar-refractivity contribution in [3.8, 4) is 0 Å². The Morgan fingerprint density at radius 2 is 2.05 bits per heavy atom. The van der Waals surface area contributed by atoms with Crippen molar-refractivity contribution in [1.82, 2.24) is 0 Å². The molecule has 0 aromatic heterocycles. The minimum absolute atomic E-state index is 0.0752. The molecular formula is C15H20N2O4. The molecule has 1 aliphatic rings. The molecule has 2 rings (SSSR count). The lowest BCUT2D eigenvalue weighted by atomic mass is 9.74. The lowest BCUT2D eigenvalue weighted by Gasteiger charge is -2.33. The van der Waals surface area contributed by atoms with E-state index in [0.29, 0.717) is 24.9 Å². The number of nitrogens with zero attached hydrogens (tertiary/aromatic N) is 1. The van der Waals surface area contributed by atoms with E-state index >= 15 is 0 Å². The van der Waals surface area contributed by atoms with Gasteiger partial charge in [-0.3, -0.25) is 14.9 Å². The number of rotatable bonds is 5. The number of carboxylic acids is 1. The zero-order chi connectivity index (χ0) is 15.5. The Balaban J connectivity index is 2.09. The molecule has 2 N–H and O–H groups in total. The predicted octanol–water partition coefficient (Wildman–Crippen LogP) is 3.35. The molecule has 0 bridgehead atoms. The van der Waals surface area contributed by atoms with Crippen molar-refractivity contribution < 1.29 is 14.8 Å². The monoisotopic (exact) mass is 292 g/mol. The van der Waals surface area contributed by atoms with Crippen LogP contribution in [0.1, 0.15) is 37.7 Å². The van der Waals surface area contributed by atoms with Crippen molar-refractivity contribution in [3.05, 3.63) is 33.9 Å². The second-order valence-electron chi connectivity index (χ2n) is 5.76. The van der Waals surface area contributed by atoms with Gasteiger partial charge in [-0.1, -0.05) is 19.3 Å². The third-order valence-corrected chi connectivity index (χ3v) is 4.29. The summed E-state index contributed by atoms with van der Waals surface area (Å²) in [5.74, 6) is -0.756. The molecule has 1 saturated carbocycles. The molecule has 114 valence electrons. The molecule has 0 unspecified atom stereocenters. The van der Waals surface area contributed by atoms with Crippen LogP contribution in [0, 0.1) is 22.5 Å². The number of nitrogens with one attached hydrogen (secondary N) is 1. The molecular weight excluding hydrogens is 272 g/mol. The fourth-order valence-electron chi connectivity index (χ4n) is 2.94. The van der Waals surface area contributed by atoms with E-state index in [1.54, 1.807) is 19.1 Å². The molecule has 6 heteroatoms. The first-order chi connectivity index (χ1) is 9.94. The van der Waals surface area contributed by atoms with Gasteiger partial charge < -0.3 is 10.4 Å². The van der Waals surface area contributed by atoms with E-state index in [4.69, 9.17) is 0 Å². The van der Waals surface area contributed by atoms with E-state index in [-0.39, 0.29) is 5.69 Å². The number of anilines is 1. The topological polar surface area (TPSA) is 92.5 Å². The average molecular weight is 292 g/mol. The van der Waals surface area contributed by atoms with E-state index in [1.807, 2.05) is 0 Å². The number of carboxylic acid groups (broad SMARTS) is 1. The third kappa shape index (κ3) is 3.32. The van der Waals surface area contributed by atoms with Crippen LogP contribution in [0.15, 0.2) is 18.2 Å². The van der Waals surface area contributed by atoms with Crippen LogP contribution in [0.2, 0.25) is 0 Å². The molecule has 0 atom stereocenters. The highest BCUT2D eigenvalue weighted by atomic mass is 16.6. The Kier molecular flexibility index (Phi) is 4.45. The van der Waals surface area contributed by atoms with Gasteiger partial charge in [0.2, 0.25) is 0 Å². The number of hydrogen-bond acceptors (Lipinski definition) is 4. The highest BCUT2D eigenvalue weighted by Crippen LogP contribution is 2.37. The normalized spacial score (nSPS) is 17.2. The summed E-state index contributed by atoms with van der Waals surface area (Å²) in [5.41, 5.74) is 0.655. The van der Waals surface area contributed by atoms with Crippen LogP contribution in [-0.4, -0.2) is 22.5 Å². The molecule has 0 saturated heterocycles. The van der Waals surface area contributed by atoms with E-state index in [0.717, 1.165) is 24.9 Å². The van der Waals surface area contributed by atoms with Gasteiger partial charge >= 0.3 is 5.97 Å². The number of benzene rings is 1. The van der Waals surface area contributed by atoms with E-state index in [2.05, 4.69) is 5.32 Å². The van der Waals surface area contributed by atoms with E-state index < -0.39 is 16.3 Å². The van der Waals surface area contributed by atoms with Crippen LogP contribution in [0.4, 0.5) is 11.4 Å². The summed E-state index contributed by atoms with van der Waals surface area (Å²) in [6.07, 6.45) is 4.33. The van der Waals surface area contributed by atoms with Gasteiger partial charge in [0.1, 0.15) is 0 Å². The van der Waals surface area contributed by atoms with Crippen molar-refractivity contribution in [3.63, 3.8) is 0 Å². The Hall–Kier alpha value is -2.11. The molecule has 1 aromatic rings. The quantitative estimate of drug-likeness (QED) is 0.641. The summed E-state index contributed by atoms with van der Waals surface area (Å²) < 4.78 is 0. The number of carbonyl (C=O) groups is 1. The fraction of sp³-hybridized carbons (Fsp3) is 0.533. The van der Waals surface area contributed by atoms with Gasteiger partial charge in [0.15, 0.2) is 0 Å². The highest BCUT2D eigenvalue weighted by molar-refractivity contribution is 5.75. The van der Waals surface area contributed by atoms with Gasteiger partial charge in [0, 0.05) is 23.9 Å². The number of nitro groups is 1. The zero-order valence-electron chi connectivity index (χ0n) is 12.1. The summed E-state index contributed by atoms with van der Waals surface area (Å²) >= 11 is 0. The fourth-order valence-corrected chi connectivity index (χ4v) is 2.94. The maximum Gasteiger partial charge on any atom is 0.311 e. The number of hydrogen-bond donors (Lipinski definition) is 2. The summed E-state index contributed by atoms with van der Waals surface area (Å²) in [5, 5.41) is 23.4. The Morgan fingerprint density at radius 3 is 2.57 bits per heavy atom. The van der Waals surface area contributed by atoms with Crippen LogP contribution in [0.3, 0.4) is 0 Å². The SMILES string of the molecule is Cc1cc(NCC2(C(=O)O)CCCCC2)ccc1[N+](=O)[O-]. The largest absolute Gasteiger partial charge is 0.481 e. The van der Waals surface area contributed by atoms with E-state index in [9.17, 15) is 20.0 Å². The molecule has 0 amide bonds. The average Bonchev–Trinajstić information content (AvgIpc) is 2.45. The number of aryl methyl sites for hydroxylation is 1. The van der Waals surface area contributed by atoms with E-state index in [1.165, 1.54) is 6.07 Å². The van der Waals surface area contributed by atoms with Gasteiger partial charge in [-0.05, 0) is 31.9 Å². The first-order valence-corrected chi connectivity index (χ1v) is 7.17. The number of nitro benzene ring substituents is 1. The summed E-state index contributed by atoms with van der Waals surface area (Å²) in [6, 6.07) is 4.77. The Morgan fingerprint density at radius 1 is 1.38 bits per heavy atom. The summed E-state index contributed by atoms with van der Waals surface area (Å²) in [6.45, 7) is 2.04. The number of aliphatic carboxylic acids is 1. The minimum atomic E-state index is -0.756. The summed E-state index contributed by atoms with van der Waals surface area (Å²) in [7, 11) is 0. The van der Waals surface area contributed by atoms with Crippen molar-refractivity contribution >= 4 is 17.3 Å². The molecule has 1 aliphatic carbocycles. The van der Waals surface area contributed by atoms with Crippen LogP contribution in [-0.2, 0) is 4.79 Å². The zero-order valence-corrected chi connectivity index (χ0v) is 12.1. The second kappa shape index (κ2) is 6.11. The first kappa shape index (κ1) is 15.3. The lowest BCUT2D eigenvalue weighted by molar-refractivity contribution is -0.385. The maximum absolute atomic E-state index is 11.6. The van der Waals surface area contributed by atoms with Gasteiger partial charge in [-0.15, -0.1) is 0 Å². The predicted molar refractivity (Wildman–Crippen MR) is 79.5 cm³/mol. The smallest absolute Gasteiger partial charge is 0.311 e. The molecule has 1 fully saturated rings. The van der Waals surface area contributed by atoms with Crippen molar-refractivity contribution in [2.24, 2.45) is 5.41 Å². The third-order valence-electron chi connectivity index (χ3n) is 4.29. The molecule has 0 heterocycles. The molecule has 1 aromatic carbocycles. The van der Waals surface area contributed by atoms with Crippen LogP contribution >= 0.6 is 0 Å². The first-order valence-electron chi connectivity index (χ1n) is 7.17. The molecule has 0 radical (unpaired) electrons. The van der Waals surface area contributed by atoms with Crippen molar-refractivity contribution in [2.45, 2.75) is 39.0 Å². The van der Waals surface area contributed by atoms with Gasteiger partial charge in [0.05, 0.1) is 10.3 Å². The standard InChI is InChI=1S/C15H20N2O4/c1-11-9-12(5-6-13(11)17(20)21)16-10-15(14(18)19)7-3-2-4-8-15/h5-6,9,16H,2-4,7-8,10H2,1H3,(H,18,19). The van der Waals surface area contributed by atoms with Crippen LogP contribution < -0.4 is 5.32 Å². The Bertz CT molecular complexity index is 551. The van der Waals surface area contributed by atoms with Gasteiger partial charge in [-0.2, -0.15) is 0 Å². The maximum atomic E-state index is 11.6. The Labute approximate surface area is 123 Å². The van der Waals surface area contributed by atoms with Crippen molar-refractivity contribution in [1.29, 1.82) is 0 Å². The molecule has 6 nitrogen and oxygen atoms in total. The van der Waals surface area contributed by atoms with Gasteiger partial charge in [-0.25, -0.2) is 0 Å². The second-order valence-corrected chi connectivity index (χ2v) is 5.76. The van der Waals surface area contributed by atoms with Crippen LogP contribution in [0.25, 0.3) is 0 Å². The molecule has 21 heavy (non-hydrogen) atoms. The van der Waals surface area contributed by atoms with Crippen molar-refractivity contribution in [2.75, 3.05) is 11.9 Å². The van der Waals surface area contributed by atoms with Crippen LogP contribution in [0.5, 0.6) is 0 Å². The van der Waals surface area contributed by atoms with Gasteiger partial charge in [0.25, 0.3) is 5.69 Å². The molecule has 0 spiro atoms. The lowest BCUT2D eigenvalue weighted by Crippen LogP contribution is -2.39. The molecule has 0 aliphatic heterocycles. The summed E-state index contributed by atoms with van der Waals surface area (Å²) in [4.78, 5) is 21.9. The highest BCUT2D eigenvalue weighted by Gasteiger charge is 2.39.